The lowest BCUT2D eigenvalue weighted by Crippen LogP contribution is -2.60. The molecule has 23 nitrogen and oxygen atoms in total. The number of phenolic OH excluding ortho intramolecular Hbond substituents is 1. The monoisotopic (exact) mass is 883 g/mol. The van der Waals surface area contributed by atoms with Crippen molar-refractivity contribution in [1.29, 1.82) is 0 Å². The van der Waals surface area contributed by atoms with Crippen molar-refractivity contribution in [1.82, 2.24) is 31.9 Å². The Morgan fingerprint density at radius 3 is 1.51 bits per heavy atom. The summed E-state index contributed by atoms with van der Waals surface area (Å²) in [6, 6.07) is -5.01. The number of thioether (sulfide) groups is 1. The zero-order valence-electron chi connectivity index (χ0n) is 34.0. The number of hydrogen-bond acceptors (Lipinski definition) is 14. The van der Waals surface area contributed by atoms with Gasteiger partial charge in [-0.3, -0.25) is 43.2 Å². The molecule has 16 N–H and O–H groups in total. The van der Waals surface area contributed by atoms with Gasteiger partial charge in [-0.05, 0) is 61.3 Å². The molecular formula is C37H57N9O14S. The Balaban J connectivity index is 3.39. The molecule has 0 saturated heterocycles. The number of benzene rings is 1. The number of nitrogens with two attached hydrogens (primary N) is 3. The number of carboxylic acids is 2. The molecule has 0 bridgehead atoms. The van der Waals surface area contributed by atoms with Crippen LogP contribution in [0.4, 0.5) is 0 Å². The third-order valence-corrected chi connectivity index (χ3v) is 9.38. The number of nitrogens with one attached hydrogen (secondary N) is 6. The van der Waals surface area contributed by atoms with Crippen molar-refractivity contribution in [3.8, 4) is 5.75 Å². The Hall–Kier alpha value is -6.01. The van der Waals surface area contributed by atoms with Gasteiger partial charge in [0.05, 0.1) is 13.0 Å². The molecule has 0 aliphatic heterocycles. The number of aliphatic hydroxyl groups excluding tert-OH is 1. The number of rotatable bonds is 29. The SMILES string of the molecule is CSCC[C@H](NC(=O)[C@H](CCC(N)=O)NC(=O)[C@H](CCC(=O)O)NC(=O)[C@H](CC(N)=O)NC(=O)[C@@H](N)CO)C(=O)N[C@@H](CC(C)C)C(=O)N[C@@H](Cc1ccc(O)cc1)C(=O)O. The summed E-state index contributed by atoms with van der Waals surface area (Å²) in [5.74, 6) is -10.8. The lowest BCUT2D eigenvalue weighted by molar-refractivity contribution is -0.142. The first-order valence-electron chi connectivity index (χ1n) is 19.0. The highest BCUT2D eigenvalue weighted by atomic mass is 32.2. The van der Waals surface area contributed by atoms with E-state index in [2.05, 4.69) is 31.9 Å². The number of hydrogen-bond donors (Lipinski definition) is 13. The van der Waals surface area contributed by atoms with Crippen LogP contribution in [0.15, 0.2) is 24.3 Å². The second-order valence-corrected chi connectivity index (χ2v) is 15.4. The van der Waals surface area contributed by atoms with Crippen LogP contribution in [-0.2, 0) is 54.4 Å². The van der Waals surface area contributed by atoms with Gasteiger partial charge in [0.2, 0.25) is 47.3 Å². The van der Waals surface area contributed by atoms with Crippen LogP contribution in [0.25, 0.3) is 0 Å². The van der Waals surface area contributed by atoms with Crippen LogP contribution in [0.1, 0.15) is 64.4 Å². The third kappa shape index (κ3) is 20.7. The number of aliphatic hydroxyl groups is 1. The third-order valence-electron chi connectivity index (χ3n) is 8.74. The predicted octanol–water partition coefficient (Wildman–Crippen LogP) is -3.95. The van der Waals surface area contributed by atoms with Crippen molar-refractivity contribution in [3.63, 3.8) is 0 Å². The zero-order valence-corrected chi connectivity index (χ0v) is 34.8. The summed E-state index contributed by atoms with van der Waals surface area (Å²) < 4.78 is 0. The summed E-state index contributed by atoms with van der Waals surface area (Å²) >= 11 is 1.30. The summed E-state index contributed by atoms with van der Waals surface area (Å²) in [5.41, 5.74) is 16.5. The summed E-state index contributed by atoms with van der Waals surface area (Å²) in [7, 11) is 0. The molecule has 0 saturated carbocycles. The quantitative estimate of drug-likeness (QED) is 0.0365. The largest absolute Gasteiger partial charge is 0.508 e. The van der Waals surface area contributed by atoms with Crippen molar-refractivity contribution in [3.05, 3.63) is 29.8 Å². The van der Waals surface area contributed by atoms with E-state index in [-0.39, 0.29) is 30.9 Å². The van der Waals surface area contributed by atoms with Gasteiger partial charge in [0, 0.05) is 19.3 Å². The van der Waals surface area contributed by atoms with Crippen molar-refractivity contribution < 1.29 is 68.4 Å². The standard InChI is InChI=1S/C37H57N9O14S/c1-18(2)14-25(35(57)46-27(37(59)60)15-19-4-6-20(48)7-5-19)45-34(56)24(12-13-61-3)43-32(54)22(8-10-28(39)49)41-33(55)23(9-11-30(51)52)42-36(58)26(16-29(40)50)44-31(53)21(38)17-47/h4-7,18,21-27,47-48H,8-17,38H2,1-3H3,(H2,39,49)(H2,40,50)(H,41,55)(H,42,58)(H,43,54)(H,44,53)(H,45,56)(H,46,57)(H,51,52)(H,59,60)/t21-,22-,23-,24-,25-,26-,27-/m0/s1. The molecule has 0 aliphatic rings. The maximum Gasteiger partial charge on any atom is 0.326 e. The van der Waals surface area contributed by atoms with Crippen molar-refractivity contribution in [2.75, 3.05) is 18.6 Å². The van der Waals surface area contributed by atoms with Gasteiger partial charge in [0.1, 0.15) is 48.0 Å². The fraction of sp³-hybridized carbons (Fsp3) is 0.568. The number of primary amides is 2. The van der Waals surface area contributed by atoms with E-state index in [4.69, 9.17) is 17.2 Å². The topological polar surface area (TPSA) is 402 Å². The Labute approximate surface area is 355 Å². The number of carbonyl (C=O) groups excluding carboxylic acids is 8. The molecule has 61 heavy (non-hydrogen) atoms. The first-order valence-corrected chi connectivity index (χ1v) is 20.4. The van der Waals surface area contributed by atoms with E-state index in [0.29, 0.717) is 11.3 Å². The Morgan fingerprint density at radius 1 is 0.623 bits per heavy atom. The van der Waals surface area contributed by atoms with Gasteiger partial charge in [0.25, 0.3) is 0 Å². The molecule has 0 aromatic heterocycles. The molecule has 7 atom stereocenters. The van der Waals surface area contributed by atoms with Crippen molar-refractivity contribution in [2.45, 2.75) is 108 Å². The molecule has 1 aromatic rings. The summed E-state index contributed by atoms with van der Waals surface area (Å²) in [4.78, 5) is 127. The smallest absolute Gasteiger partial charge is 0.326 e. The molecule has 24 heteroatoms. The summed E-state index contributed by atoms with van der Waals surface area (Å²) in [6.45, 7) is 2.67. The number of amides is 8. The van der Waals surface area contributed by atoms with Crippen LogP contribution in [0.2, 0.25) is 0 Å². The van der Waals surface area contributed by atoms with Gasteiger partial charge in [-0.2, -0.15) is 11.8 Å². The predicted molar refractivity (Wildman–Crippen MR) is 218 cm³/mol. The summed E-state index contributed by atoms with van der Waals surface area (Å²) in [6.07, 6.45) is -1.42. The molecule has 340 valence electrons. The Kier molecular flexibility index (Phi) is 23.4. The highest BCUT2D eigenvalue weighted by molar-refractivity contribution is 7.98. The minimum Gasteiger partial charge on any atom is -0.508 e. The molecule has 1 aromatic carbocycles. The highest BCUT2D eigenvalue weighted by Crippen LogP contribution is 2.13. The molecular weight excluding hydrogens is 827 g/mol. The van der Waals surface area contributed by atoms with Crippen LogP contribution < -0.4 is 49.1 Å². The van der Waals surface area contributed by atoms with Crippen molar-refractivity contribution in [2.24, 2.45) is 23.1 Å². The number of aromatic hydroxyl groups is 1. The molecule has 8 amide bonds. The normalized spacial score (nSPS) is 14.4. The maximum absolute atomic E-state index is 13.8. The van der Waals surface area contributed by atoms with E-state index >= 15 is 0 Å². The first-order chi connectivity index (χ1) is 28.6. The van der Waals surface area contributed by atoms with Gasteiger partial charge in [-0.25, -0.2) is 4.79 Å². The van der Waals surface area contributed by atoms with Crippen LogP contribution >= 0.6 is 11.8 Å². The molecule has 0 radical (unpaired) electrons. The van der Waals surface area contributed by atoms with Crippen LogP contribution in [0.3, 0.4) is 0 Å². The maximum atomic E-state index is 13.8. The molecule has 0 spiro atoms. The molecule has 0 heterocycles. The molecule has 0 fully saturated rings. The van der Waals surface area contributed by atoms with E-state index in [1.807, 2.05) is 0 Å². The average molecular weight is 884 g/mol. The molecule has 0 aliphatic carbocycles. The number of carboxylic acid groups (broad SMARTS) is 2. The van der Waals surface area contributed by atoms with Gasteiger partial charge in [-0.1, -0.05) is 26.0 Å². The van der Waals surface area contributed by atoms with E-state index < -0.39 is 140 Å². The number of carbonyl (C=O) groups is 10. The number of phenols is 1. The van der Waals surface area contributed by atoms with Crippen molar-refractivity contribution >= 4 is 71.0 Å². The molecule has 0 unspecified atom stereocenters. The molecule has 1 rings (SSSR count). The fourth-order valence-electron chi connectivity index (χ4n) is 5.50. The average Bonchev–Trinajstić information content (AvgIpc) is 3.18. The van der Waals surface area contributed by atoms with Gasteiger partial charge >= 0.3 is 11.9 Å². The number of aliphatic carboxylic acids is 2. The van der Waals surface area contributed by atoms with Crippen LogP contribution in [-0.4, -0.2) is 141 Å². The van der Waals surface area contributed by atoms with E-state index in [1.165, 1.54) is 36.0 Å². The second-order valence-electron chi connectivity index (χ2n) is 14.4. The minimum atomic E-state index is -1.74. The summed E-state index contributed by atoms with van der Waals surface area (Å²) in [5, 5.41) is 52.1. The van der Waals surface area contributed by atoms with Gasteiger partial charge < -0.3 is 69.5 Å². The first kappa shape index (κ1) is 53.0. The zero-order chi connectivity index (χ0) is 46.4. The lowest BCUT2D eigenvalue weighted by Gasteiger charge is -2.28. The second kappa shape index (κ2) is 27.0. The lowest BCUT2D eigenvalue weighted by atomic mass is 10.0. The van der Waals surface area contributed by atoms with E-state index in [9.17, 15) is 68.4 Å². The van der Waals surface area contributed by atoms with Gasteiger partial charge in [-0.15, -0.1) is 0 Å². The highest BCUT2D eigenvalue weighted by Gasteiger charge is 2.34. The van der Waals surface area contributed by atoms with E-state index in [1.54, 1.807) is 20.1 Å². The van der Waals surface area contributed by atoms with E-state index in [0.717, 1.165) is 0 Å². The van der Waals surface area contributed by atoms with Crippen LogP contribution in [0.5, 0.6) is 5.75 Å². The van der Waals surface area contributed by atoms with Crippen LogP contribution in [0, 0.1) is 5.92 Å². The minimum absolute atomic E-state index is 0.0198. The fourth-order valence-corrected chi connectivity index (χ4v) is 5.97. The Bertz CT molecular complexity index is 1720. The van der Waals surface area contributed by atoms with Gasteiger partial charge in [0.15, 0.2) is 0 Å². The Morgan fingerprint density at radius 2 is 1.07 bits per heavy atom.